The summed E-state index contributed by atoms with van der Waals surface area (Å²) in [6, 6.07) is 9.48. The Balaban J connectivity index is 1.93. The Morgan fingerprint density at radius 3 is 2.40 bits per heavy atom. The Hall–Kier alpha value is -1.43. The Kier molecular flexibility index (Phi) is 6.50. The maximum Gasteiger partial charge on any atom is 0.254 e. The van der Waals surface area contributed by atoms with Gasteiger partial charge in [-0.1, -0.05) is 18.2 Å². The van der Waals surface area contributed by atoms with Crippen molar-refractivity contribution in [3.05, 3.63) is 35.9 Å². The number of benzene rings is 1. The number of rotatable bonds is 1. The first-order valence-corrected chi connectivity index (χ1v) is 7.34. The number of hydrogen-bond acceptors (Lipinski definition) is 4. The van der Waals surface area contributed by atoms with E-state index in [0.717, 1.165) is 51.3 Å². The Morgan fingerprint density at radius 1 is 0.900 bits per heavy atom. The molecule has 3 N–H and O–H groups in total. The standard InChI is InChI=1S/C15H24N4O/c20-15(14-5-2-1-3-6-14)19-12-11-17-10-9-16-7-4-8-18-13-19/h1-3,5-6,16-18H,4,7-13H2. The number of amides is 1. The molecule has 20 heavy (non-hydrogen) atoms. The van der Waals surface area contributed by atoms with Crippen molar-refractivity contribution in [2.75, 3.05) is 45.9 Å². The Labute approximate surface area is 120 Å². The Bertz CT molecular complexity index is 384. The zero-order valence-electron chi connectivity index (χ0n) is 11.9. The minimum atomic E-state index is 0.0927. The van der Waals surface area contributed by atoms with Gasteiger partial charge in [0.2, 0.25) is 0 Å². The van der Waals surface area contributed by atoms with E-state index in [4.69, 9.17) is 0 Å². The molecule has 1 aromatic rings. The van der Waals surface area contributed by atoms with Crippen LogP contribution in [0, 0.1) is 0 Å². The van der Waals surface area contributed by atoms with Gasteiger partial charge in [0.15, 0.2) is 0 Å². The SMILES string of the molecule is O=C(c1ccccc1)N1CCNCCNCCCNC1. The highest BCUT2D eigenvalue weighted by atomic mass is 16.2. The van der Waals surface area contributed by atoms with E-state index in [0.29, 0.717) is 6.67 Å². The van der Waals surface area contributed by atoms with Crippen LogP contribution in [0.3, 0.4) is 0 Å². The fourth-order valence-electron chi connectivity index (χ4n) is 2.21. The third kappa shape index (κ3) is 4.92. The van der Waals surface area contributed by atoms with Crippen LogP contribution < -0.4 is 16.0 Å². The summed E-state index contributed by atoms with van der Waals surface area (Å²) in [4.78, 5) is 14.3. The molecule has 1 saturated heterocycles. The average Bonchev–Trinajstić information content (AvgIpc) is 2.48. The van der Waals surface area contributed by atoms with E-state index in [2.05, 4.69) is 16.0 Å². The van der Waals surface area contributed by atoms with E-state index >= 15 is 0 Å². The summed E-state index contributed by atoms with van der Waals surface area (Å²) in [5.41, 5.74) is 0.753. The molecule has 1 fully saturated rings. The maximum absolute atomic E-state index is 12.5. The summed E-state index contributed by atoms with van der Waals surface area (Å²) in [5, 5.41) is 10.1. The second kappa shape index (κ2) is 8.68. The molecule has 0 aliphatic carbocycles. The van der Waals surface area contributed by atoms with Gasteiger partial charge in [0.05, 0.1) is 6.67 Å². The van der Waals surface area contributed by atoms with Gasteiger partial charge in [-0.15, -0.1) is 0 Å². The zero-order chi connectivity index (χ0) is 14.0. The minimum absolute atomic E-state index is 0.0927. The highest BCUT2D eigenvalue weighted by molar-refractivity contribution is 5.94. The van der Waals surface area contributed by atoms with E-state index in [1.165, 1.54) is 0 Å². The summed E-state index contributed by atoms with van der Waals surface area (Å²) in [6.07, 6.45) is 1.08. The average molecular weight is 276 g/mol. The molecule has 1 aliphatic rings. The highest BCUT2D eigenvalue weighted by Gasteiger charge is 2.14. The van der Waals surface area contributed by atoms with Gasteiger partial charge < -0.3 is 15.5 Å². The van der Waals surface area contributed by atoms with Crippen molar-refractivity contribution in [1.82, 2.24) is 20.9 Å². The molecule has 5 heteroatoms. The number of carbonyl (C=O) groups excluding carboxylic acids is 1. The van der Waals surface area contributed by atoms with E-state index in [9.17, 15) is 4.79 Å². The molecule has 2 rings (SSSR count). The van der Waals surface area contributed by atoms with Gasteiger partial charge in [-0.05, 0) is 31.6 Å². The number of nitrogens with one attached hydrogen (secondary N) is 3. The molecule has 1 aromatic carbocycles. The van der Waals surface area contributed by atoms with Crippen LogP contribution in [0.25, 0.3) is 0 Å². The summed E-state index contributed by atoms with van der Waals surface area (Å²) >= 11 is 0. The topological polar surface area (TPSA) is 56.4 Å². The van der Waals surface area contributed by atoms with Crippen molar-refractivity contribution in [3.63, 3.8) is 0 Å². The molecular formula is C15H24N4O. The second-order valence-electron chi connectivity index (χ2n) is 4.95. The van der Waals surface area contributed by atoms with Crippen molar-refractivity contribution >= 4 is 5.91 Å². The van der Waals surface area contributed by atoms with Crippen LogP contribution in [-0.2, 0) is 0 Å². The van der Waals surface area contributed by atoms with Crippen LogP contribution in [-0.4, -0.2) is 56.7 Å². The van der Waals surface area contributed by atoms with Gasteiger partial charge in [0, 0.05) is 31.7 Å². The summed E-state index contributed by atoms with van der Waals surface area (Å²) in [7, 11) is 0. The molecule has 0 bridgehead atoms. The molecule has 1 amide bonds. The molecule has 0 spiro atoms. The zero-order valence-corrected chi connectivity index (χ0v) is 11.9. The second-order valence-corrected chi connectivity index (χ2v) is 4.95. The highest BCUT2D eigenvalue weighted by Crippen LogP contribution is 2.03. The first-order valence-electron chi connectivity index (χ1n) is 7.34. The van der Waals surface area contributed by atoms with Crippen molar-refractivity contribution in [1.29, 1.82) is 0 Å². The lowest BCUT2D eigenvalue weighted by Crippen LogP contribution is -2.44. The molecule has 1 aliphatic heterocycles. The predicted molar refractivity (Wildman–Crippen MR) is 80.7 cm³/mol. The van der Waals surface area contributed by atoms with E-state index < -0.39 is 0 Å². The smallest absolute Gasteiger partial charge is 0.254 e. The van der Waals surface area contributed by atoms with Crippen LogP contribution in [0.5, 0.6) is 0 Å². The lowest BCUT2D eigenvalue weighted by atomic mass is 10.2. The first kappa shape index (κ1) is 15.0. The first-order chi connectivity index (χ1) is 9.88. The number of nitrogens with zero attached hydrogens (tertiary/aromatic N) is 1. The van der Waals surface area contributed by atoms with Crippen LogP contribution in [0.15, 0.2) is 30.3 Å². The quantitative estimate of drug-likeness (QED) is 0.689. The molecule has 0 unspecified atom stereocenters. The number of carbonyl (C=O) groups is 1. The maximum atomic E-state index is 12.5. The van der Waals surface area contributed by atoms with Gasteiger partial charge in [-0.25, -0.2) is 0 Å². The monoisotopic (exact) mass is 276 g/mol. The van der Waals surface area contributed by atoms with Crippen molar-refractivity contribution in [2.45, 2.75) is 6.42 Å². The van der Waals surface area contributed by atoms with Gasteiger partial charge in [0.1, 0.15) is 0 Å². The van der Waals surface area contributed by atoms with E-state index in [-0.39, 0.29) is 5.91 Å². The van der Waals surface area contributed by atoms with Crippen molar-refractivity contribution in [2.24, 2.45) is 0 Å². The molecule has 0 saturated carbocycles. The van der Waals surface area contributed by atoms with Crippen LogP contribution in [0.2, 0.25) is 0 Å². The minimum Gasteiger partial charge on any atom is -0.325 e. The molecule has 1 heterocycles. The predicted octanol–water partition coefficient (Wildman–Crippen LogP) is 0.259. The fourth-order valence-corrected chi connectivity index (χ4v) is 2.21. The number of hydrogen-bond donors (Lipinski definition) is 3. The lowest BCUT2D eigenvalue weighted by Gasteiger charge is -2.24. The lowest BCUT2D eigenvalue weighted by molar-refractivity contribution is 0.0743. The normalized spacial score (nSPS) is 18.9. The van der Waals surface area contributed by atoms with E-state index in [1.807, 2.05) is 35.2 Å². The van der Waals surface area contributed by atoms with Crippen molar-refractivity contribution in [3.8, 4) is 0 Å². The van der Waals surface area contributed by atoms with Gasteiger partial charge in [0.25, 0.3) is 5.91 Å². The molecule has 5 nitrogen and oxygen atoms in total. The van der Waals surface area contributed by atoms with Gasteiger partial charge in [-0.2, -0.15) is 0 Å². The van der Waals surface area contributed by atoms with Crippen LogP contribution in [0.4, 0.5) is 0 Å². The molecule has 110 valence electrons. The molecule has 0 aromatic heterocycles. The van der Waals surface area contributed by atoms with Crippen molar-refractivity contribution < 1.29 is 4.79 Å². The summed E-state index contributed by atoms with van der Waals surface area (Å²) in [6.45, 7) is 6.02. The summed E-state index contributed by atoms with van der Waals surface area (Å²) < 4.78 is 0. The third-order valence-corrected chi connectivity index (χ3v) is 3.35. The summed E-state index contributed by atoms with van der Waals surface area (Å²) in [5.74, 6) is 0.0927. The molecular weight excluding hydrogens is 252 g/mol. The Morgan fingerprint density at radius 2 is 1.60 bits per heavy atom. The van der Waals surface area contributed by atoms with Crippen LogP contribution in [0.1, 0.15) is 16.8 Å². The molecule has 0 radical (unpaired) electrons. The van der Waals surface area contributed by atoms with Gasteiger partial charge >= 0.3 is 0 Å². The van der Waals surface area contributed by atoms with E-state index in [1.54, 1.807) is 0 Å². The third-order valence-electron chi connectivity index (χ3n) is 3.35. The largest absolute Gasteiger partial charge is 0.325 e. The van der Waals surface area contributed by atoms with Gasteiger partial charge in [-0.3, -0.25) is 10.1 Å². The fraction of sp³-hybridized carbons (Fsp3) is 0.533. The molecule has 0 atom stereocenters. The van der Waals surface area contributed by atoms with Crippen LogP contribution >= 0.6 is 0 Å².